The first-order chi connectivity index (χ1) is 16.4. The Morgan fingerprint density at radius 2 is 1.56 bits per heavy atom. The lowest BCUT2D eigenvalue weighted by Crippen LogP contribution is -2.25. The Kier molecular flexibility index (Phi) is 12.3. The largest absolute Gasteiger partial charge is 0.385 e. The van der Waals surface area contributed by atoms with Crippen molar-refractivity contribution in [1.29, 1.82) is 0 Å². The molecule has 10 nitrogen and oxygen atoms in total. The van der Waals surface area contributed by atoms with Crippen molar-refractivity contribution >= 4 is 52.2 Å². The molecule has 0 fully saturated rings. The molecule has 2 aromatic rings. The number of rotatable bonds is 15. The Morgan fingerprint density at radius 3 is 2.21 bits per heavy atom. The lowest BCUT2D eigenvalue weighted by Gasteiger charge is -2.19. The number of ether oxygens (including phenoxy) is 3. The average Bonchev–Trinajstić information content (AvgIpc) is 2.78. The van der Waals surface area contributed by atoms with Crippen LogP contribution in [0.15, 0.2) is 28.4 Å². The van der Waals surface area contributed by atoms with E-state index < -0.39 is 0 Å². The van der Waals surface area contributed by atoms with Gasteiger partial charge in [0.25, 0.3) is 0 Å². The van der Waals surface area contributed by atoms with Crippen molar-refractivity contribution in [2.24, 2.45) is 10.2 Å². The highest BCUT2D eigenvalue weighted by molar-refractivity contribution is 6.42. The van der Waals surface area contributed by atoms with Crippen LogP contribution in [0.25, 0.3) is 0 Å². The zero-order chi connectivity index (χ0) is 24.9. The molecular weight excluding hydrogens is 481 g/mol. The molecule has 2 unspecified atom stereocenters. The van der Waals surface area contributed by atoms with Crippen LogP contribution in [0.1, 0.15) is 20.3 Å². The van der Waals surface area contributed by atoms with Crippen LogP contribution in [0.4, 0.5) is 29.0 Å². The number of hydrogen-bond acceptors (Lipinski definition) is 10. The summed E-state index contributed by atoms with van der Waals surface area (Å²) in [5, 5.41) is 19.6. The molecule has 0 saturated carbocycles. The molecule has 2 rings (SSSR count). The molecule has 0 spiro atoms. The second-order valence-electron chi connectivity index (χ2n) is 7.67. The van der Waals surface area contributed by atoms with Gasteiger partial charge in [-0.3, -0.25) is 0 Å². The fraction of sp³-hybridized carbons (Fsp3) is 0.545. The van der Waals surface area contributed by atoms with Crippen LogP contribution < -0.4 is 16.0 Å². The minimum absolute atomic E-state index is 0.000671. The SMILES string of the molecule is COCCCNc1nc(NC(C)COC)nc(NC(C)COC)c1N=Nc1ccc(Cl)c(Cl)c1. The maximum absolute atomic E-state index is 6.13. The van der Waals surface area contributed by atoms with Crippen molar-refractivity contribution in [3.05, 3.63) is 28.2 Å². The van der Waals surface area contributed by atoms with Gasteiger partial charge in [0.05, 0.1) is 28.9 Å². The van der Waals surface area contributed by atoms with Crippen molar-refractivity contribution in [2.75, 3.05) is 63.6 Å². The van der Waals surface area contributed by atoms with E-state index >= 15 is 0 Å². The van der Waals surface area contributed by atoms with Crippen molar-refractivity contribution in [3.8, 4) is 0 Å². The summed E-state index contributed by atoms with van der Waals surface area (Å²) in [5.41, 5.74) is 1.00. The summed E-state index contributed by atoms with van der Waals surface area (Å²) in [5.74, 6) is 1.46. The van der Waals surface area contributed by atoms with Gasteiger partial charge in [-0.15, -0.1) is 5.11 Å². The molecule has 0 aliphatic heterocycles. The summed E-state index contributed by atoms with van der Waals surface area (Å²) in [6.45, 7) is 6.19. The molecule has 1 aromatic heterocycles. The van der Waals surface area contributed by atoms with Gasteiger partial charge >= 0.3 is 0 Å². The van der Waals surface area contributed by atoms with Crippen molar-refractivity contribution in [1.82, 2.24) is 9.97 Å². The third-order valence-electron chi connectivity index (χ3n) is 4.46. The van der Waals surface area contributed by atoms with E-state index in [1.54, 1.807) is 39.5 Å². The molecule has 12 heteroatoms. The quantitative estimate of drug-likeness (QED) is 0.210. The Hall–Kier alpha value is -2.24. The van der Waals surface area contributed by atoms with Crippen LogP contribution >= 0.6 is 23.2 Å². The Morgan fingerprint density at radius 1 is 0.882 bits per heavy atom. The lowest BCUT2D eigenvalue weighted by molar-refractivity contribution is 0.190. The molecule has 34 heavy (non-hydrogen) atoms. The zero-order valence-corrected chi connectivity index (χ0v) is 21.7. The fourth-order valence-electron chi connectivity index (χ4n) is 2.95. The molecule has 0 aliphatic rings. The number of benzene rings is 1. The number of nitrogens with one attached hydrogen (secondary N) is 3. The van der Waals surface area contributed by atoms with Gasteiger partial charge in [-0.25, -0.2) is 0 Å². The third-order valence-corrected chi connectivity index (χ3v) is 5.20. The molecule has 0 saturated heterocycles. The molecule has 3 N–H and O–H groups in total. The summed E-state index contributed by atoms with van der Waals surface area (Å²) in [6.07, 6.45) is 0.787. The summed E-state index contributed by atoms with van der Waals surface area (Å²) in [7, 11) is 4.96. The van der Waals surface area contributed by atoms with Crippen molar-refractivity contribution in [2.45, 2.75) is 32.4 Å². The van der Waals surface area contributed by atoms with E-state index in [1.807, 2.05) is 13.8 Å². The first-order valence-electron chi connectivity index (χ1n) is 10.9. The van der Waals surface area contributed by atoms with Gasteiger partial charge in [0, 0.05) is 46.6 Å². The van der Waals surface area contributed by atoms with Crippen LogP contribution in [0, 0.1) is 0 Å². The van der Waals surface area contributed by atoms with Crippen LogP contribution in [0.5, 0.6) is 0 Å². The first kappa shape index (κ1) is 28.0. The van der Waals surface area contributed by atoms with E-state index in [9.17, 15) is 0 Å². The second-order valence-corrected chi connectivity index (χ2v) is 8.48. The predicted molar refractivity (Wildman–Crippen MR) is 138 cm³/mol. The number of azo groups is 1. The highest BCUT2D eigenvalue weighted by Crippen LogP contribution is 2.35. The molecule has 1 heterocycles. The van der Waals surface area contributed by atoms with E-state index in [1.165, 1.54) is 0 Å². The summed E-state index contributed by atoms with van der Waals surface area (Å²) < 4.78 is 15.6. The molecule has 0 bridgehead atoms. The van der Waals surface area contributed by atoms with E-state index in [-0.39, 0.29) is 12.1 Å². The van der Waals surface area contributed by atoms with E-state index in [4.69, 9.17) is 37.4 Å². The maximum atomic E-state index is 6.13. The first-order valence-corrected chi connectivity index (χ1v) is 11.7. The van der Waals surface area contributed by atoms with Crippen molar-refractivity contribution < 1.29 is 14.2 Å². The molecular formula is C22H33Cl2N7O3. The van der Waals surface area contributed by atoms with Gasteiger partial charge in [-0.1, -0.05) is 23.2 Å². The van der Waals surface area contributed by atoms with Gasteiger partial charge < -0.3 is 30.2 Å². The van der Waals surface area contributed by atoms with Crippen LogP contribution in [-0.2, 0) is 14.2 Å². The van der Waals surface area contributed by atoms with E-state index in [0.717, 1.165) is 6.42 Å². The Bertz CT molecular complexity index is 934. The predicted octanol–water partition coefficient (Wildman–Crippen LogP) is 5.54. The number of anilines is 3. The van der Waals surface area contributed by atoms with Gasteiger partial charge in [0.1, 0.15) is 0 Å². The highest BCUT2D eigenvalue weighted by atomic mass is 35.5. The number of aromatic nitrogens is 2. The molecule has 0 amide bonds. The molecule has 0 aliphatic carbocycles. The molecule has 188 valence electrons. The molecule has 0 radical (unpaired) electrons. The highest BCUT2D eigenvalue weighted by Gasteiger charge is 2.18. The maximum Gasteiger partial charge on any atom is 0.227 e. The number of halogens is 2. The third kappa shape index (κ3) is 9.19. The number of methoxy groups -OCH3 is 3. The van der Waals surface area contributed by atoms with Crippen LogP contribution in [0.3, 0.4) is 0 Å². The number of nitrogens with zero attached hydrogens (tertiary/aromatic N) is 4. The molecule has 2 atom stereocenters. The lowest BCUT2D eigenvalue weighted by atomic mass is 10.3. The summed E-state index contributed by atoms with van der Waals surface area (Å²) in [6, 6.07) is 5.00. The van der Waals surface area contributed by atoms with Gasteiger partial charge in [-0.05, 0) is 38.5 Å². The van der Waals surface area contributed by atoms with Crippen LogP contribution in [0.2, 0.25) is 10.0 Å². The van der Waals surface area contributed by atoms with E-state index in [0.29, 0.717) is 65.4 Å². The minimum atomic E-state index is -0.0376. The minimum Gasteiger partial charge on any atom is -0.385 e. The van der Waals surface area contributed by atoms with Gasteiger partial charge in [-0.2, -0.15) is 15.1 Å². The number of hydrogen-bond donors (Lipinski definition) is 3. The van der Waals surface area contributed by atoms with Gasteiger partial charge in [0.2, 0.25) is 5.95 Å². The normalized spacial score (nSPS) is 13.1. The Balaban J connectivity index is 2.47. The smallest absolute Gasteiger partial charge is 0.227 e. The average molecular weight is 514 g/mol. The summed E-state index contributed by atoms with van der Waals surface area (Å²) in [4.78, 5) is 9.30. The standard InChI is InChI=1S/C22H33Cl2N7O3/c1-14(12-33-4)26-21-19(31-30-16-7-8-17(23)18(24)11-16)20(25-9-6-10-32-3)28-22(29-21)27-15(2)13-34-5/h7-8,11,14-15H,6,9-10,12-13H2,1-5H3,(H3,25,26,27,28,29). The molecule has 1 aromatic carbocycles. The fourth-order valence-corrected chi connectivity index (χ4v) is 3.25. The Labute approximate surface area is 210 Å². The second kappa shape index (κ2) is 14.9. The van der Waals surface area contributed by atoms with E-state index in [2.05, 4.69) is 36.1 Å². The van der Waals surface area contributed by atoms with Crippen molar-refractivity contribution in [3.63, 3.8) is 0 Å². The summed E-state index contributed by atoms with van der Waals surface area (Å²) >= 11 is 12.1. The zero-order valence-electron chi connectivity index (χ0n) is 20.2. The van der Waals surface area contributed by atoms with Gasteiger partial charge in [0.15, 0.2) is 17.3 Å². The van der Waals surface area contributed by atoms with Crippen LogP contribution in [-0.4, -0.2) is 69.7 Å². The topological polar surface area (TPSA) is 114 Å². The monoisotopic (exact) mass is 513 g/mol.